The molecule has 0 spiro atoms. The Labute approximate surface area is 239 Å². The van der Waals surface area contributed by atoms with Crippen LogP contribution in [0, 0.1) is 6.92 Å². The van der Waals surface area contributed by atoms with E-state index in [9.17, 15) is 4.79 Å². The highest BCUT2D eigenvalue weighted by atomic mass is 16.1. The molecule has 0 bridgehead atoms. The number of hydrogen-bond donors (Lipinski definition) is 3. The van der Waals surface area contributed by atoms with Gasteiger partial charge < -0.3 is 21.3 Å². The maximum Gasteiger partial charge on any atom is 0.256 e. The van der Waals surface area contributed by atoms with Gasteiger partial charge in [0.15, 0.2) is 11.6 Å². The quantitative estimate of drug-likeness (QED) is 0.334. The van der Waals surface area contributed by atoms with E-state index in [4.69, 9.17) is 10.7 Å². The number of carbonyl (C=O) groups excluding carboxylic acids is 1. The molecule has 1 unspecified atom stereocenters. The van der Waals surface area contributed by atoms with Crippen molar-refractivity contribution in [3.63, 3.8) is 0 Å². The van der Waals surface area contributed by atoms with Gasteiger partial charge in [-0.2, -0.15) is 10.1 Å². The van der Waals surface area contributed by atoms with E-state index in [1.165, 1.54) is 19.2 Å². The number of carbonyl (C=O) groups is 1. The Morgan fingerprint density at radius 1 is 1.07 bits per heavy atom. The van der Waals surface area contributed by atoms with Gasteiger partial charge in [-0.05, 0) is 44.0 Å². The fraction of sp³-hybridized carbons (Fsp3) is 0.448. The second-order valence-corrected chi connectivity index (χ2v) is 12.0. The molecule has 1 atom stereocenters. The molecule has 2 aliphatic rings. The summed E-state index contributed by atoms with van der Waals surface area (Å²) in [7, 11) is 1.82. The summed E-state index contributed by atoms with van der Waals surface area (Å²) in [6.45, 7) is 12.1. The number of anilines is 5. The van der Waals surface area contributed by atoms with Gasteiger partial charge in [0, 0.05) is 55.5 Å². The van der Waals surface area contributed by atoms with Crippen LogP contribution in [0.5, 0.6) is 0 Å². The van der Waals surface area contributed by atoms with Crippen LogP contribution in [0.15, 0.2) is 30.6 Å². The largest absolute Gasteiger partial charge is 0.382 e. The lowest BCUT2D eigenvalue weighted by molar-refractivity contribution is 0.102. The topological polar surface area (TPSA) is 143 Å². The third kappa shape index (κ3) is 5.26. The third-order valence-electron chi connectivity index (χ3n) is 8.01. The number of benzene rings is 1. The summed E-state index contributed by atoms with van der Waals surface area (Å²) in [6, 6.07) is 7.95. The summed E-state index contributed by atoms with van der Waals surface area (Å²) >= 11 is 0. The fourth-order valence-electron chi connectivity index (χ4n) is 5.53. The van der Waals surface area contributed by atoms with Crippen molar-refractivity contribution >= 4 is 46.0 Å². The predicted octanol–water partition coefficient (Wildman–Crippen LogP) is 3.62. The number of amides is 1. The molecule has 1 aromatic carbocycles. The number of aromatic nitrogens is 6. The molecule has 41 heavy (non-hydrogen) atoms. The highest BCUT2D eigenvalue weighted by Gasteiger charge is 2.32. The highest BCUT2D eigenvalue weighted by molar-refractivity contribution is 6.05. The molecular weight excluding hydrogens is 518 g/mol. The summed E-state index contributed by atoms with van der Waals surface area (Å²) in [5, 5.41) is 10.9. The summed E-state index contributed by atoms with van der Waals surface area (Å²) in [5.41, 5.74) is 10.4. The lowest BCUT2D eigenvalue weighted by Crippen LogP contribution is -2.50. The Bertz CT molecular complexity index is 1620. The summed E-state index contributed by atoms with van der Waals surface area (Å²) in [5.74, 6) is 1.82. The third-order valence-corrected chi connectivity index (χ3v) is 8.01. The van der Waals surface area contributed by atoms with Gasteiger partial charge >= 0.3 is 0 Å². The van der Waals surface area contributed by atoms with E-state index < -0.39 is 0 Å². The molecule has 6 rings (SSSR count). The maximum absolute atomic E-state index is 13.2. The van der Waals surface area contributed by atoms with Crippen molar-refractivity contribution in [2.75, 3.05) is 47.4 Å². The van der Waals surface area contributed by atoms with Crippen LogP contribution in [0.4, 0.5) is 29.1 Å². The minimum absolute atomic E-state index is 0.125. The molecule has 3 aromatic heterocycles. The molecule has 4 N–H and O–H groups in total. The van der Waals surface area contributed by atoms with Crippen molar-refractivity contribution in [3.8, 4) is 0 Å². The smallest absolute Gasteiger partial charge is 0.256 e. The number of fused-ring (bicyclic) bond motifs is 2. The standard InChI is InChI=1S/C29H37N11O/c1-17-8-9-18(27(41)34-22-14-21(29(2,3)4)37-38(22)5)13-20(17)33-26-24-23(31-16-32-26)25(30)36-28(35-24)40-12-11-39-10-6-7-19(39)15-40/h8-9,13-14,16,19H,6-7,10-12,15H2,1-5H3,(H,34,41)(H2,30,35,36)(H,31,32,33). The van der Waals surface area contributed by atoms with Crippen LogP contribution in [-0.2, 0) is 12.5 Å². The van der Waals surface area contributed by atoms with E-state index in [0.717, 1.165) is 43.1 Å². The highest BCUT2D eigenvalue weighted by Crippen LogP contribution is 2.30. The van der Waals surface area contributed by atoms with Gasteiger partial charge in [0.1, 0.15) is 23.2 Å². The zero-order valence-electron chi connectivity index (χ0n) is 24.3. The first-order valence-corrected chi connectivity index (χ1v) is 14.1. The van der Waals surface area contributed by atoms with Gasteiger partial charge in [0.05, 0.1) is 5.69 Å². The Morgan fingerprint density at radius 3 is 2.68 bits per heavy atom. The molecule has 4 aromatic rings. The van der Waals surface area contributed by atoms with Crippen molar-refractivity contribution in [1.82, 2.24) is 34.6 Å². The lowest BCUT2D eigenvalue weighted by atomic mass is 9.92. The van der Waals surface area contributed by atoms with Gasteiger partial charge in [-0.3, -0.25) is 14.4 Å². The number of rotatable bonds is 5. The second-order valence-electron chi connectivity index (χ2n) is 12.0. The first-order chi connectivity index (χ1) is 19.6. The Morgan fingerprint density at radius 2 is 1.90 bits per heavy atom. The molecule has 214 valence electrons. The Kier molecular flexibility index (Phi) is 6.72. The van der Waals surface area contributed by atoms with Crippen LogP contribution >= 0.6 is 0 Å². The zero-order valence-corrected chi connectivity index (χ0v) is 24.3. The van der Waals surface area contributed by atoms with Gasteiger partial charge in [0.2, 0.25) is 5.95 Å². The summed E-state index contributed by atoms with van der Waals surface area (Å²) in [6.07, 6.45) is 3.87. The second kappa shape index (κ2) is 10.3. The van der Waals surface area contributed by atoms with E-state index in [1.54, 1.807) is 10.7 Å². The molecule has 2 aliphatic heterocycles. The molecule has 0 aliphatic carbocycles. The van der Waals surface area contributed by atoms with Crippen LogP contribution < -0.4 is 21.3 Å². The van der Waals surface area contributed by atoms with Crippen molar-refractivity contribution in [2.24, 2.45) is 7.05 Å². The SMILES string of the molecule is Cc1ccc(C(=O)Nc2cc(C(C)(C)C)nn2C)cc1Nc1ncnc2c(N)nc(N3CCN4CCCC4C3)nc12. The molecule has 12 nitrogen and oxygen atoms in total. The average Bonchev–Trinajstić information content (AvgIpc) is 3.56. The van der Waals surface area contributed by atoms with Crippen LogP contribution in [0.25, 0.3) is 11.0 Å². The minimum atomic E-state index is -0.232. The van der Waals surface area contributed by atoms with Gasteiger partial charge in [-0.1, -0.05) is 26.8 Å². The first-order valence-electron chi connectivity index (χ1n) is 14.1. The Balaban J connectivity index is 1.27. The number of aryl methyl sites for hydroxylation is 2. The van der Waals surface area contributed by atoms with Crippen molar-refractivity contribution in [2.45, 2.75) is 52.0 Å². The van der Waals surface area contributed by atoms with Crippen molar-refractivity contribution in [3.05, 3.63) is 47.4 Å². The molecule has 0 saturated carbocycles. The minimum Gasteiger partial charge on any atom is -0.382 e. The van der Waals surface area contributed by atoms with E-state index in [-0.39, 0.29) is 11.3 Å². The Hall–Kier alpha value is -4.32. The van der Waals surface area contributed by atoms with Crippen LogP contribution in [0.2, 0.25) is 0 Å². The molecule has 2 saturated heterocycles. The number of nitrogens with two attached hydrogens (primary N) is 1. The normalized spacial score (nSPS) is 17.6. The molecule has 12 heteroatoms. The van der Waals surface area contributed by atoms with Gasteiger partial charge in [-0.25, -0.2) is 15.0 Å². The van der Waals surface area contributed by atoms with Crippen LogP contribution in [0.3, 0.4) is 0 Å². The molecule has 2 fully saturated rings. The molecular formula is C29H37N11O. The van der Waals surface area contributed by atoms with Crippen molar-refractivity contribution < 1.29 is 4.79 Å². The van der Waals surface area contributed by atoms with Crippen LogP contribution in [0.1, 0.15) is 55.2 Å². The number of nitrogen functional groups attached to an aromatic ring is 1. The van der Waals surface area contributed by atoms with Crippen LogP contribution in [-0.4, -0.2) is 72.7 Å². The van der Waals surface area contributed by atoms with E-state index >= 15 is 0 Å². The van der Waals surface area contributed by atoms with Gasteiger partial charge in [-0.15, -0.1) is 0 Å². The first kappa shape index (κ1) is 26.9. The number of nitrogens with zero attached hydrogens (tertiary/aromatic N) is 8. The van der Waals surface area contributed by atoms with E-state index in [1.807, 2.05) is 32.2 Å². The number of hydrogen-bond acceptors (Lipinski definition) is 10. The average molecular weight is 556 g/mol. The summed E-state index contributed by atoms with van der Waals surface area (Å²) < 4.78 is 1.69. The van der Waals surface area contributed by atoms with E-state index in [2.05, 4.69) is 61.3 Å². The summed E-state index contributed by atoms with van der Waals surface area (Å²) in [4.78, 5) is 36.3. The maximum atomic E-state index is 13.2. The fourth-order valence-corrected chi connectivity index (χ4v) is 5.53. The monoisotopic (exact) mass is 555 g/mol. The zero-order chi connectivity index (χ0) is 28.9. The molecule has 0 radical (unpaired) electrons. The van der Waals surface area contributed by atoms with Crippen molar-refractivity contribution in [1.29, 1.82) is 0 Å². The molecule has 1 amide bonds. The lowest BCUT2D eigenvalue weighted by Gasteiger charge is -2.37. The molecule has 5 heterocycles. The van der Waals surface area contributed by atoms with Gasteiger partial charge in [0.25, 0.3) is 5.91 Å². The van der Waals surface area contributed by atoms with E-state index in [0.29, 0.717) is 46.0 Å². The predicted molar refractivity (Wildman–Crippen MR) is 161 cm³/mol. The number of piperazine rings is 1. The number of nitrogens with one attached hydrogen (secondary N) is 2.